The number of pyridine rings is 1. The van der Waals surface area contributed by atoms with Gasteiger partial charge < -0.3 is 9.84 Å². The highest BCUT2D eigenvalue weighted by Gasteiger charge is 2.12. The number of aromatic nitrogens is 1. The SMILES string of the molecule is COC(=O)CCc1nccc(-c2cccc(-c3ccccc3)c2)c1O. The molecule has 0 atom stereocenters. The van der Waals surface area contributed by atoms with Crippen molar-refractivity contribution < 1.29 is 14.6 Å². The number of esters is 1. The Hall–Kier alpha value is -3.14. The highest BCUT2D eigenvalue weighted by molar-refractivity contribution is 5.77. The van der Waals surface area contributed by atoms with Crippen molar-refractivity contribution in [1.29, 1.82) is 0 Å². The van der Waals surface area contributed by atoms with Crippen molar-refractivity contribution in [3.63, 3.8) is 0 Å². The molecule has 1 aromatic heterocycles. The van der Waals surface area contributed by atoms with Gasteiger partial charge in [-0.3, -0.25) is 9.78 Å². The average molecular weight is 333 g/mol. The average Bonchev–Trinajstić information content (AvgIpc) is 2.67. The van der Waals surface area contributed by atoms with E-state index in [9.17, 15) is 9.90 Å². The van der Waals surface area contributed by atoms with E-state index >= 15 is 0 Å². The Labute approximate surface area is 146 Å². The highest BCUT2D eigenvalue weighted by Crippen LogP contribution is 2.33. The van der Waals surface area contributed by atoms with Crippen molar-refractivity contribution in [3.05, 3.63) is 72.6 Å². The Morgan fingerprint density at radius 2 is 1.72 bits per heavy atom. The zero-order valence-corrected chi connectivity index (χ0v) is 14.0. The fourth-order valence-electron chi connectivity index (χ4n) is 2.73. The van der Waals surface area contributed by atoms with Crippen LogP contribution in [-0.2, 0) is 16.0 Å². The Balaban J connectivity index is 1.93. The Morgan fingerprint density at radius 1 is 1.00 bits per heavy atom. The lowest BCUT2D eigenvalue weighted by atomic mass is 9.98. The maximum Gasteiger partial charge on any atom is 0.305 e. The van der Waals surface area contributed by atoms with E-state index in [1.807, 2.05) is 54.6 Å². The number of ether oxygens (including phenoxy) is 1. The van der Waals surface area contributed by atoms with Crippen molar-refractivity contribution in [2.45, 2.75) is 12.8 Å². The van der Waals surface area contributed by atoms with Gasteiger partial charge in [-0.25, -0.2) is 0 Å². The van der Waals surface area contributed by atoms with E-state index in [1.165, 1.54) is 7.11 Å². The number of methoxy groups -OCH3 is 1. The summed E-state index contributed by atoms with van der Waals surface area (Å²) in [5.41, 5.74) is 4.29. The van der Waals surface area contributed by atoms with E-state index in [2.05, 4.69) is 9.72 Å². The van der Waals surface area contributed by atoms with Gasteiger partial charge in [0.1, 0.15) is 5.75 Å². The van der Waals surface area contributed by atoms with Gasteiger partial charge in [0.15, 0.2) is 0 Å². The van der Waals surface area contributed by atoms with Gasteiger partial charge in [0, 0.05) is 18.2 Å². The van der Waals surface area contributed by atoms with Crippen molar-refractivity contribution in [3.8, 4) is 28.0 Å². The highest BCUT2D eigenvalue weighted by atomic mass is 16.5. The normalized spacial score (nSPS) is 10.4. The van der Waals surface area contributed by atoms with E-state index in [0.717, 1.165) is 16.7 Å². The summed E-state index contributed by atoms with van der Waals surface area (Å²) in [5.74, 6) is -0.214. The van der Waals surface area contributed by atoms with Gasteiger partial charge in [0.2, 0.25) is 0 Å². The molecule has 0 aliphatic heterocycles. The van der Waals surface area contributed by atoms with Crippen LogP contribution in [0.1, 0.15) is 12.1 Å². The molecular weight excluding hydrogens is 314 g/mol. The summed E-state index contributed by atoms with van der Waals surface area (Å²) in [5, 5.41) is 10.6. The van der Waals surface area contributed by atoms with Crippen LogP contribution in [-0.4, -0.2) is 23.2 Å². The van der Waals surface area contributed by atoms with Crippen molar-refractivity contribution in [2.24, 2.45) is 0 Å². The van der Waals surface area contributed by atoms with Crippen molar-refractivity contribution in [2.75, 3.05) is 7.11 Å². The van der Waals surface area contributed by atoms with Crippen LogP contribution in [0.25, 0.3) is 22.3 Å². The van der Waals surface area contributed by atoms with Crippen LogP contribution in [0.2, 0.25) is 0 Å². The number of aryl methyl sites for hydroxylation is 1. The van der Waals surface area contributed by atoms with Crippen LogP contribution in [0.5, 0.6) is 5.75 Å². The molecule has 0 aliphatic carbocycles. The molecule has 0 saturated heterocycles. The summed E-state index contributed by atoms with van der Waals surface area (Å²) in [6, 6.07) is 19.8. The molecule has 0 unspecified atom stereocenters. The first-order chi connectivity index (χ1) is 12.2. The molecule has 0 aliphatic rings. The minimum atomic E-state index is -0.322. The van der Waals surface area contributed by atoms with Crippen LogP contribution in [0.3, 0.4) is 0 Å². The summed E-state index contributed by atoms with van der Waals surface area (Å²) in [6.45, 7) is 0. The molecule has 0 amide bonds. The fraction of sp³-hybridized carbons (Fsp3) is 0.143. The second kappa shape index (κ2) is 7.62. The lowest BCUT2D eigenvalue weighted by Crippen LogP contribution is -2.03. The van der Waals surface area contributed by atoms with E-state index in [4.69, 9.17) is 0 Å². The summed E-state index contributed by atoms with van der Waals surface area (Å²) in [7, 11) is 1.35. The maximum atomic E-state index is 11.3. The molecule has 4 nitrogen and oxygen atoms in total. The number of carbonyl (C=O) groups is 1. The van der Waals surface area contributed by atoms with Gasteiger partial charge in [0.05, 0.1) is 19.2 Å². The van der Waals surface area contributed by atoms with E-state index < -0.39 is 0 Å². The molecule has 3 rings (SSSR count). The third kappa shape index (κ3) is 3.86. The predicted octanol–water partition coefficient (Wildman–Crippen LogP) is 4.23. The van der Waals surface area contributed by atoms with E-state index in [-0.39, 0.29) is 18.1 Å². The van der Waals surface area contributed by atoms with Gasteiger partial charge in [-0.15, -0.1) is 0 Å². The van der Waals surface area contributed by atoms with Gasteiger partial charge in [-0.1, -0.05) is 48.5 Å². The van der Waals surface area contributed by atoms with Crippen LogP contribution in [0.4, 0.5) is 0 Å². The van der Waals surface area contributed by atoms with Gasteiger partial charge in [-0.05, 0) is 28.8 Å². The first-order valence-corrected chi connectivity index (χ1v) is 8.08. The standard InChI is InChI=1S/C21H19NO3/c1-25-20(23)11-10-19-21(24)18(12-13-22-19)17-9-5-8-16(14-17)15-6-3-2-4-7-15/h2-9,12-14,24H,10-11H2,1H3. The van der Waals surface area contributed by atoms with Crippen LogP contribution in [0.15, 0.2) is 66.9 Å². The first kappa shape index (κ1) is 16.7. The minimum Gasteiger partial charge on any atom is -0.505 e. The summed E-state index contributed by atoms with van der Waals surface area (Å²) in [4.78, 5) is 15.5. The Kier molecular flexibility index (Phi) is 5.09. The molecule has 0 saturated carbocycles. The third-order valence-corrected chi connectivity index (χ3v) is 4.07. The molecule has 3 aromatic rings. The second-order valence-electron chi connectivity index (χ2n) is 5.68. The quantitative estimate of drug-likeness (QED) is 0.710. The van der Waals surface area contributed by atoms with Crippen molar-refractivity contribution in [1.82, 2.24) is 4.98 Å². The number of benzene rings is 2. The summed E-state index contributed by atoms with van der Waals surface area (Å²) in [6.07, 6.45) is 2.17. The van der Waals surface area contributed by atoms with Gasteiger partial charge >= 0.3 is 5.97 Å². The molecule has 2 aromatic carbocycles. The molecule has 0 fully saturated rings. The van der Waals surface area contributed by atoms with Gasteiger partial charge in [-0.2, -0.15) is 0 Å². The molecule has 126 valence electrons. The van der Waals surface area contributed by atoms with Crippen LogP contribution >= 0.6 is 0 Å². The lowest BCUT2D eigenvalue weighted by molar-refractivity contribution is -0.140. The van der Waals surface area contributed by atoms with Crippen LogP contribution < -0.4 is 0 Å². The predicted molar refractivity (Wildman–Crippen MR) is 97.1 cm³/mol. The Morgan fingerprint density at radius 3 is 2.48 bits per heavy atom. The Bertz CT molecular complexity index is 875. The molecule has 0 bridgehead atoms. The smallest absolute Gasteiger partial charge is 0.305 e. The minimum absolute atomic E-state index is 0.108. The topological polar surface area (TPSA) is 59.4 Å². The van der Waals surface area contributed by atoms with Gasteiger partial charge in [0.25, 0.3) is 0 Å². The second-order valence-corrected chi connectivity index (χ2v) is 5.68. The molecule has 1 N–H and O–H groups in total. The molecule has 0 radical (unpaired) electrons. The van der Waals surface area contributed by atoms with E-state index in [1.54, 1.807) is 12.3 Å². The first-order valence-electron chi connectivity index (χ1n) is 8.08. The number of rotatable bonds is 5. The fourth-order valence-corrected chi connectivity index (χ4v) is 2.73. The monoisotopic (exact) mass is 333 g/mol. The van der Waals surface area contributed by atoms with Crippen LogP contribution in [0, 0.1) is 0 Å². The maximum absolute atomic E-state index is 11.3. The summed E-state index contributed by atoms with van der Waals surface area (Å²) < 4.78 is 4.64. The zero-order valence-electron chi connectivity index (χ0n) is 14.0. The molecule has 25 heavy (non-hydrogen) atoms. The molecule has 4 heteroatoms. The lowest BCUT2D eigenvalue weighted by Gasteiger charge is -2.10. The number of nitrogens with zero attached hydrogens (tertiary/aromatic N) is 1. The molecular formula is C21H19NO3. The third-order valence-electron chi connectivity index (χ3n) is 4.07. The number of hydrogen-bond acceptors (Lipinski definition) is 4. The largest absolute Gasteiger partial charge is 0.505 e. The van der Waals surface area contributed by atoms with Crippen molar-refractivity contribution >= 4 is 5.97 Å². The summed E-state index contributed by atoms with van der Waals surface area (Å²) >= 11 is 0. The number of aromatic hydroxyl groups is 1. The van der Waals surface area contributed by atoms with E-state index in [0.29, 0.717) is 17.7 Å². The zero-order chi connectivity index (χ0) is 17.6. The molecule has 1 heterocycles. The number of carbonyl (C=O) groups excluding carboxylic acids is 1. The molecule has 0 spiro atoms. The number of hydrogen-bond donors (Lipinski definition) is 1.